The molecule has 0 aliphatic carbocycles. The third-order valence-corrected chi connectivity index (χ3v) is 2.81. The number of aliphatic carboxylic acids is 1. The van der Waals surface area contributed by atoms with Crippen LogP contribution in [0.3, 0.4) is 0 Å². The predicted molar refractivity (Wildman–Crippen MR) is 61.0 cm³/mol. The zero-order valence-electron chi connectivity index (χ0n) is 10.2. The summed E-state index contributed by atoms with van der Waals surface area (Å²) < 4.78 is 0.261. The highest BCUT2D eigenvalue weighted by atomic mass is 16.4. The quantitative estimate of drug-likeness (QED) is 0.493. The number of quaternary nitrogens is 1. The second-order valence-corrected chi connectivity index (χ2v) is 4.31. The molecule has 0 aliphatic heterocycles. The molecule has 0 bridgehead atoms. The van der Waals surface area contributed by atoms with Crippen LogP contribution in [0, 0.1) is 0 Å². The van der Waals surface area contributed by atoms with Crippen molar-refractivity contribution >= 4 is 5.97 Å². The van der Waals surface area contributed by atoms with E-state index in [1.54, 1.807) is 0 Å². The van der Waals surface area contributed by atoms with Crippen molar-refractivity contribution in [2.75, 3.05) is 32.8 Å². The fraction of sp³-hybridized carbons (Fsp3) is 0.909. The van der Waals surface area contributed by atoms with E-state index in [9.17, 15) is 9.90 Å². The summed E-state index contributed by atoms with van der Waals surface area (Å²) in [7, 11) is 0. The van der Waals surface area contributed by atoms with Gasteiger partial charge in [0, 0.05) is 0 Å². The molecule has 0 fully saturated rings. The van der Waals surface area contributed by atoms with Gasteiger partial charge in [-0.15, -0.1) is 0 Å². The molecule has 0 aromatic rings. The predicted octanol–water partition coefficient (Wildman–Crippen LogP) is 0.0610. The maximum absolute atomic E-state index is 10.9. The largest absolute Gasteiger partial charge is 0.477 e. The molecular weight excluding hydrogens is 210 g/mol. The summed E-state index contributed by atoms with van der Waals surface area (Å²) >= 11 is 0. The Bertz CT molecular complexity index is 202. The summed E-state index contributed by atoms with van der Waals surface area (Å²) in [4.78, 5) is 10.9. The Kier molecular flexibility index (Phi) is 7.29. The van der Waals surface area contributed by atoms with Gasteiger partial charge in [0.05, 0.1) is 13.2 Å². The molecule has 0 rings (SSSR count). The van der Waals surface area contributed by atoms with Crippen LogP contribution in [0.1, 0.15) is 26.7 Å². The lowest BCUT2D eigenvalue weighted by atomic mass is 10.2. The number of carboxylic acid groups (broad SMARTS) is 1. The molecule has 0 radical (unpaired) electrons. The smallest absolute Gasteiger partial charge is 0.359 e. The maximum Gasteiger partial charge on any atom is 0.359 e. The third kappa shape index (κ3) is 5.44. The van der Waals surface area contributed by atoms with Gasteiger partial charge in [0.15, 0.2) is 6.54 Å². The lowest BCUT2D eigenvalue weighted by Gasteiger charge is -2.38. The van der Waals surface area contributed by atoms with Crippen molar-refractivity contribution in [1.29, 1.82) is 0 Å². The summed E-state index contributed by atoms with van der Waals surface area (Å²) in [6, 6.07) is 0. The lowest BCUT2D eigenvalue weighted by Crippen LogP contribution is -2.56. The van der Waals surface area contributed by atoms with Crippen LogP contribution < -0.4 is 0 Å². The zero-order chi connectivity index (χ0) is 12.6. The Hall–Kier alpha value is -0.650. The number of aliphatic hydroxyl groups excluding tert-OH is 2. The van der Waals surface area contributed by atoms with Crippen molar-refractivity contribution in [3.05, 3.63) is 0 Å². The Morgan fingerprint density at radius 1 is 1.31 bits per heavy atom. The van der Waals surface area contributed by atoms with E-state index < -0.39 is 12.1 Å². The molecule has 0 aliphatic rings. The minimum atomic E-state index is -0.884. The first-order valence-corrected chi connectivity index (χ1v) is 5.85. The van der Waals surface area contributed by atoms with Crippen LogP contribution in [0.25, 0.3) is 0 Å². The maximum atomic E-state index is 10.9. The first-order valence-electron chi connectivity index (χ1n) is 5.85. The molecule has 16 heavy (non-hydrogen) atoms. The molecule has 3 N–H and O–H groups in total. The standard InChI is InChI=1S/C11H23NO4/c1-3-5-12(6-7-13,9-11(15)16)8-10(14)4-2/h10,13-14H,3-9H2,1-2H3/p+1. The fourth-order valence-electron chi connectivity index (χ4n) is 2.07. The molecule has 2 atom stereocenters. The number of carboxylic acids is 1. The van der Waals surface area contributed by atoms with Gasteiger partial charge in [0.2, 0.25) is 0 Å². The van der Waals surface area contributed by atoms with Crippen LogP contribution in [0.15, 0.2) is 0 Å². The topological polar surface area (TPSA) is 77.8 Å². The van der Waals surface area contributed by atoms with E-state index in [4.69, 9.17) is 10.2 Å². The Morgan fingerprint density at radius 3 is 2.31 bits per heavy atom. The van der Waals surface area contributed by atoms with Gasteiger partial charge in [-0.05, 0) is 12.8 Å². The van der Waals surface area contributed by atoms with Crippen LogP contribution in [-0.4, -0.2) is 64.7 Å². The van der Waals surface area contributed by atoms with E-state index in [2.05, 4.69) is 0 Å². The number of rotatable bonds is 9. The molecule has 0 aromatic carbocycles. The fourth-order valence-corrected chi connectivity index (χ4v) is 2.07. The van der Waals surface area contributed by atoms with Crippen molar-refractivity contribution in [3.63, 3.8) is 0 Å². The summed E-state index contributed by atoms with van der Waals surface area (Å²) in [6.07, 6.45) is 0.941. The van der Waals surface area contributed by atoms with E-state index in [0.29, 0.717) is 26.1 Å². The van der Waals surface area contributed by atoms with Gasteiger partial charge in [-0.25, -0.2) is 4.79 Å². The van der Waals surface area contributed by atoms with Gasteiger partial charge in [-0.2, -0.15) is 0 Å². The van der Waals surface area contributed by atoms with Crippen LogP contribution in [0.2, 0.25) is 0 Å². The minimum absolute atomic E-state index is 0.0362. The molecule has 0 saturated carbocycles. The van der Waals surface area contributed by atoms with Crippen molar-refractivity contribution in [2.24, 2.45) is 0 Å². The third-order valence-electron chi connectivity index (χ3n) is 2.81. The average Bonchev–Trinajstić information content (AvgIpc) is 2.17. The highest BCUT2D eigenvalue weighted by molar-refractivity contribution is 5.67. The number of nitrogens with zero attached hydrogens (tertiary/aromatic N) is 1. The highest BCUT2D eigenvalue weighted by Crippen LogP contribution is 2.11. The normalized spacial score (nSPS) is 16.8. The first kappa shape index (κ1) is 15.3. The molecule has 96 valence electrons. The molecule has 0 aromatic heterocycles. The number of aliphatic hydroxyl groups is 2. The van der Waals surface area contributed by atoms with Crippen LogP contribution in [-0.2, 0) is 4.79 Å². The van der Waals surface area contributed by atoms with Gasteiger partial charge in [0.1, 0.15) is 19.2 Å². The van der Waals surface area contributed by atoms with Gasteiger partial charge in [-0.3, -0.25) is 0 Å². The minimum Gasteiger partial charge on any atom is -0.477 e. The number of hydrogen-bond acceptors (Lipinski definition) is 3. The SMILES string of the molecule is CCC[N+](CCO)(CC(=O)O)CC(O)CC. The Morgan fingerprint density at radius 2 is 1.94 bits per heavy atom. The monoisotopic (exact) mass is 234 g/mol. The van der Waals surface area contributed by atoms with Crippen LogP contribution >= 0.6 is 0 Å². The first-order chi connectivity index (χ1) is 7.49. The average molecular weight is 234 g/mol. The highest BCUT2D eigenvalue weighted by Gasteiger charge is 2.31. The van der Waals surface area contributed by atoms with Gasteiger partial charge in [-0.1, -0.05) is 13.8 Å². The second-order valence-electron chi connectivity index (χ2n) is 4.31. The summed E-state index contributed by atoms with van der Waals surface area (Å²) in [6.45, 7) is 5.21. The molecule has 2 unspecified atom stereocenters. The zero-order valence-corrected chi connectivity index (χ0v) is 10.2. The number of carbonyl (C=O) groups is 1. The van der Waals surface area contributed by atoms with Crippen LogP contribution in [0.5, 0.6) is 0 Å². The molecule has 0 amide bonds. The van der Waals surface area contributed by atoms with Gasteiger partial charge in [0.25, 0.3) is 0 Å². The summed E-state index contributed by atoms with van der Waals surface area (Å²) in [5.41, 5.74) is 0. The molecular formula is C11H24NO4+. The van der Waals surface area contributed by atoms with Crippen molar-refractivity contribution in [3.8, 4) is 0 Å². The molecule has 5 nitrogen and oxygen atoms in total. The number of hydrogen-bond donors (Lipinski definition) is 3. The van der Waals surface area contributed by atoms with Gasteiger partial charge < -0.3 is 19.8 Å². The van der Waals surface area contributed by atoms with Crippen molar-refractivity contribution in [2.45, 2.75) is 32.8 Å². The van der Waals surface area contributed by atoms with E-state index in [-0.39, 0.29) is 17.6 Å². The van der Waals surface area contributed by atoms with E-state index in [1.807, 2.05) is 13.8 Å². The lowest BCUT2D eigenvalue weighted by molar-refractivity contribution is -0.924. The molecule has 0 spiro atoms. The van der Waals surface area contributed by atoms with E-state index >= 15 is 0 Å². The Balaban J connectivity index is 4.68. The summed E-state index contributed by atoms with van der Waals surface area (Å²) in [5, 5.41) is 27.6. The molecule has 0 saturated heterocycles. The van der Waals surface area contributed by atoms with Crippen molar-refractivity contribution in [1.82, 2.24) is 0 Å². The van der Waals surface area contributed by atoms with E-state index in [0.717, 1.165) is 6.42 Å². The van der Waals surface area contributed by atoms with E-state index in [1.165, 1.54) is 0 Å². The Labute approximate surface area is 96.9 Å². The second kappa shape index (κ2) is 7.60. The molecule has 5 heteroatoms. The summed E-state index contributed by atoms with van der Waals surface area (Å²) in [5.74, 6) is -0.884. The molecule has 0 heterocycles. The van der Waals surface area contributed by atoms with Crippen LogP contribution in [0.4, 0.5) is 0 Å². The van der Waals surface area contributed by atoms with Gasteiger partial charge >= 0.3 is 5.97 Å². The van der Waals surface area contributed by atoms with Crippen molar-refractivity contribution < 1.29 is 24.6 Å².